The molecular formula is C25H34FN5O3S. The molecular weight excluding hydrogens is 469 g/mol. The Kier molecular flexibility index (Phi) is 9.06. The Morgan fingerprint density at radius 2 is 2.00 bits per heavy atom. The number of halogens is 1. The fourth-order valence-electron chi connectivity index (χ4n) is 4.76. The minimum atomic E-state index is -0.731. The molecule has 2 aliphatic rings. The zero-order valence-electron chi connectivity index (χ0n) is 20.1. The standard InChI is InChI=1S/C25H34FN5O3S/c1-27-21-8-7-18(26)14-20(21)23(32)29-22(13-17-5-3-2-4-6-17)24(33)30-25-28-15-19(35-25)16-31-9-11-34-12-10-31/h7-8,14-15,17,22,27H,2-6,9-13,16H2,1H3,(H,29,32)(H,28,30,33). The van der Waals surface area contributed by atoms with Crippen molar-refractivity contribution in [2.24, 2.45) is 5.92 Å². The maximum Gasteiger partial charge on any atom is 0.254 e. The van der Waals surface area contributed by atoms with Crippen LogP contribution in [-0.2, 0) is 16.1 Å². The highest BCUT2D eigenvalue weighted by atomic mass is 32.1. The number of benzene rings is 1. The number of morpholine rings is 1. The molecule has 3 N–H and O–H groups in total. The molecule has 0 radical (unpaired) electrons. The normalized spacial score (nSPS) is 18.1. The molecule has 190 valence electrons. The van der Waals surface area contributed by atoms with Gasteiger partial charge < -0.3 is 20.7 Å². The van der Waals surface area contributed by atoms with Crippen LogP contribution in [0, 0.1) is 11.7 Å². The van der Waals surface area contributed by atoms with E-state index in [0.29, 0.717) is 23.2 Å². The molecule has 0 spiro atoms. The SMILES string of the molecule is CNc1ccc(F)cc1C(=O)NC(CC1CCCCC1)C(=O)Nc1ncc(CN2CCOCC2)s1. The molecule has 1 aliphatic carbocycles. The van der Waals surface area contributed by atoms with Crippen LogP contribution in [-0.4, -0.2) is 61.1 Å². The smallest absolute Gasteiger partial charge is 0.254 e. The minimum Gasteiger partial charge on any atom is -0.387 e. The number of ether oxygens (including phenoxy) is 1. The van der Waals surface area contributed by atoms with Gasteiger partial charge in [0.2, 0.25) is 5.91 Å². The average molecular weight is 504 g/mol. The Morgan fingerprint density at radius 3 is 2.74 bits per heavy atom. The molecule has 1 saturated carbocycles. The number of nitrogens with zero attached hydrogens (tertiary/aromatic N) is 2. The van der Waals surface area contributed by atoms with Crippen LogP contribution in [0.2, 0.25) is 0 Å². The van der Waals surface area contributed by atoms with Gasteiger partial charge in [0.25, 0.3) is 5.91 Å². The molecule has 10 heteroatoms. The van der Waals surface area contributed by atoms with E-state index >= 15 is 0 Å². The number of hydrogen-bond donors (Lipinski definition) is 3. The average Bonchev–Trinajstić information content (AvgIpc) is 3.31. The highest BCUT2D eigenvalue weighted by Crippen LogP contribution is 2.28. The molecule has 1 aromatic carbocycles. The summed E-state index contributed by atoms with van der Waals surface area (Å²) in [4.78, 5) is 34.1. The molecule has 0 bridgehead atoms. The first kappa shape index (κ1) is 25.5. The highest BCUT2D eigenvalue weighted by molar-refractivity contribution is 7.15. The van der Waals surface area contributed by atoms with Crippen molar-refractivity contribution in [2.45, 2.75) is 51.1 Å². The number of nitrogens with one attached hydrogen (secondary N) is 3. The molecule has 1 unspecified atom stereocenters. The minimum absolute atomic E-state index is 0.177. The lowest BCUT2D eigenvalue weighted by Gasteiger charge is -2.26. The molecule has 35 heavy (non-hydrogen) atoms. The van der Waals surface area contributed by atoms with Crippen LogP contribution >= 0.6 is 11.3 Å². The van der Waals surface area contributed by atoms with Crippen molar-refractivity contribution in [3.8, 4) is 0 Å². The van der Waals surface area contributed by atoms with Crippen molar-refractivity contribution in [2.75, 3.05) is 44.0 Å². The molecule has 1 aliphatic heterocycles. The van der Waals surface area contributed by atoms with Crippen LogP contribution < -0.4 is 16.0 Å². The number of anilines is 2. The van der Waals surface area contributed by atoms with Gasteiger partial charge in [-0.25, -0.2) is 9.37 Å². The third-order valence-electron chi connectivity index (χ3n) is 6.68. The number of carbonyl (C=O) groups is 2. The molecule has 2 amide bonds. The third-order valence-corrected chi connectivity index (χ3v) is 7.58. The second-order valence-electron chi connectivity index (χ2n) is 9.22. The van der Waals surface area contributed by atoms with Gasteiger partial charge in [-0.1, -0.05) is 32.1 Å². The fraction of sp³-hybridized carbons (Fsp3) is 0.560. The second-order valence-corrected chi connectivity index (χ2v) is 10.3. The molecule has 8 nitrogen and oxygen atoms in total. The summed E-state index contributed by atoms with van der Waals surface area (Å²) in [7, 11) is 1.67. The monoisotopic (exact) mass is 503 g/mol. The summed E-state index contributed by atoms with van der Waals surface area (Å²) < 4.78 is 19.3. The first-order chi connectivity index (χ1) is 17.0. The summed E-state index contributed by atoms with van der Waals surface area (Å²) >= 11 is 1.44. The Morgan fingerprint density at radius 1 is 1.23 bits per heavy atom. The van der Waals surface area contributed by atoms with Gasteiger partial charge in [0, 0.05) is 43.4 Å². The van der Waals surface area contributed by atoms with Crippen molar-refractivity contribution < 1.29 is 18.7 Å². The molecule has 2 heterocycles. The quantitative estimate of drug-likeness (QED) is 0.481. The van der Waals surface area contributed by atoms with Crippen molar-refractivity contribution in [1.29, 1.82) is 0 Å². The lowest BCUT2D eigenvalue weighted by molar-refractivity contribution is -0.118. The largest absolute Gasteiger partial charge is 0.387 e. The summed E-state index contributed by atoms with van der Waals surface area (Å²) in [5.74, 6) is -0.905. The van der Waals surface area contributed by atoms with Gasteiger partial charge >= 0.3 is 0 Å². The number of aromatic nitrogens is 1. The fourth-order valence-corrected chi connectivity index (χ4v) is 5.61. The third kappa shape index (κ3) is 7.22. The van der Waals surface area contributed by atoms with Crippen molar-refractivity contribution >= 4 is 34.0 Å². The van der Waals surface area contributed by atoms with Gasteiger partial charge in [-0.3, -0.25) is 14.5 Å². The Balaban J connectivity index is 1.44. The first-order valence-corrected chi connectivity index (χ1v) is 13.2. The van der Waals surface area contributed by atoms with Crippen molar-refractivity contribution in [3.05, 3.63) is 40.7 Å². The topological polar surface area (TPSA) is 95.6 Å². The summed E-state index contributed by atoms with van der Waals surface area (Å²) in [6.45, 7) is 3.98. The number of carbonyl (C=O) groups excluding carboxylic acids is 2. The molecule has 1 atom stereocenters. The lowest BCUT2D eigenvalue weighted by atomic mass is 9.84. The van der Waals surface area contributed by atoms with Crippen molar-refractivity contribution in [1.82, 2.24) is 15.2 Å². The predicted octanol–water partition coefficient (Wildman–Crippen LogP) is 3.86. The lowest BCUT2D eigenvalue weighted by Crippen LogP contribution is -2.45. The Labute approximate surface area is 209 Å². The van der Waals surface area contributed by atoms with Gasteiger partial charge in [0.15, 0.2) is 5.13 Å². The summed E-state index contributed by atoms with van der Waals surface area (Å²) in [6, 6.07) is 3.28. The number of hydrogen-bond acceptors (Lipinski definition) is 7. The second kappa shape index (κ2) is 12.4. The summed E-state index contributed by atoms with van der Waals surface area (Å²) in [6.07, 6.45) is 7.91. The van der Waals surface area contributed by atoms with Crippen LogP contribution in [0.5, 0.6) is 0 Å². The van der Waals surface area contributed by atoms with Gasteiger partial charge in [-0.2, -0.15) is 0 Å². The van der Waals surface area contributed by atoms with Crippen LogP contribution in [0.15, 0.2) is 24.4 Å². The number of thiazole rings is 1. The maximum absolute atomic E-state index is 13.9. The predicted molar refractivity (Wildman–Crippen MR) is 135 cm³/mol. The van der Waals surface area contributed by atoms with Crippen LogP contribution in [0.1, 0.15) is 53.8 Å². The van der Waals surface area contributed by atoms with E-state index in [1.165, 1.54) is 36.0 Å². The highest BCUT2D eigenvalue weighted by Gasteiger charge is 2.28. The maximum atomic E-state index is 13.9. The van der Waals surface area contributed by atoms with E-state index in [0.717, 1.165) is 63.4 Å². The van der Waals surface area contributed by atoms with Gasteiger partial charge in [-0.15, -0.1) is 11.3 Å². The number of rotatable bonds is 9. The summed E-state index contributed by atoms with van der Waals surface area (Å²) in [5.41, 5.74) is 0.685. The Hall–Kier alpha value is -2.56. The van der Waals surface area contributed by atoms with E-state index in [2.05, 4.69) is 25.8 Å². The molecule has 2 fully saturated rings. The van der Waals surface area contributed by atoms with E-state index in [-0.39, 0.29) is 11.5 Å². The van der Waals surface area contributed by atoms with Crippen LogP contribution in [0.25, 0.3) is 0 Å². The van der Waals surface area contributed by atoms with Gasteiger partial charge in [-0.05, 0) is 30.5 Å². The van der Waals surface area contributed by atoms with Gasteiger partial charge in [0.1, 0.15) is 11.9 Å². The summed E-state index contributed by atoms with van der Waals surface area (Å²) in [5, 5.41) is 9.21. The molecule has 1 aromatic heterocycles. The van der Waals surface area contributed by atoms with Gasteiger partial charge in [0.05, 0.1) is 18.8 Å². The zero-order valence-corrected chi connectivity index (χ0v) is 21.0. The van der Waals surface area contributed by atoms with Crippen molar-refractivity contribution in [3.63, 3.8) is 0 Å². The van der Waals surface area contributed by atoms with E-state index in [4.69, 9.17) is 4.74 Å². The van der Waals surface area contributed by atoms with E-state index < -0.39 is 17.8 Å². The van der Waals surface area contributed by atoms with E-state index in [1.807, 2.05) is 0 Å². The molecule has 2 aromatic rings. The van der Waals surface area contributed by atoms with E-state index in [1.54, 1.807) is 13.2 Å². The Bertz CT molecular complexity index is 1000. The van der Waals surface area contributed by atoms with Crippen LogP contribution in [0.3, 0.4) is 0 Å². The van der Waals surface area contributed by atoms with Crippen LogP contribution in [0.4, 0.5) is 15.2 Å². The first-order valence-electron chi connectivity index (χ1n) is 12.4. The molecule has 1 saturated heterocycles. The molecule has 4 rings (SSSR count). The zero-order chi connectivity index (χ0) is 24.6. The number of amides is 2. The van der Waals surface area contributed by atoms with E-state index in [9.17, 15) is 14.0 Å².